The van der Waals surface area contributed by atoms with E-state index in [4.69, 9.17) is 9.84 Å². The summed E-state index contributed by atoms with van der Waals surface area (Å²) in [5.41, 5.74) is 1.49. The van der Waals surface area contributed by atoms with E-state index in [9.17, 15) is 4.79 Å². The van der Waals surface area contributed by atoms with E-state index in [-0.39, 0.29) is 18.1 Å². The Kier molecular flexibility index (Phi) is 4.34. The van der Waals surface area contributed by atoms with Crippen molar-refractivity contribution < 1.29 is 14.6 Å². The fourth-order valence-electron chi connectivity index (χ4n) is 1.88. The zero-order valence-electron chi connectivity index (χ0n) is 11.5. The molecule has 0 aliphatic heterocycles. The maximum atomic E-state index is 11.1. The first kappa shape index (κ1) is 14.0. The van der Waals surface area contributed by atoms with Crippen molar-refractivity contribution in [3.63, 3.8) is 0 Å². The maximum Gasteiger partial charge on any atom is 0.358 e. The van der Waals surface area contributed by atoms with Crippen LogP contribution >= 0.6 is 0 Å². The van der Waals surface area contributed by atoms with Crippen molar-refractivity contribution >= 4 is 5.97 Å². The average molecular weight is 275 g/mol. The molecule has 2 heterocycles. The molecule has 0 unspecified atom stereocenters. The summed E-state index contributed by atoms with van der Waals surface area (Å²) in [5.74, 6) is -0.821. The van der Waals surface area contributed by atoms with E-state index < -0.39 is 5.97 Å². The van der Waals surface area contributed by atoms with Gasteiger partial charge in [0.05, 0.1) is 18.2 Å². The number of carbonyl (C=O) groups is 1. The summed E-state index contributed by atoms with van der Waals surface area (Å²) in [4.78, 5) is 19.2. The highest BCUT2D eigenvalue weighted by atomic mass is 16.5. The minimum atomic E-state index is -1.09. The van der Waals surface area contributed by atoms with E-state index in [2.05, 4.69) is 16.9 Å². The second-order valence-electron chi connectivity index (χ2n) is 4.47. The molecule has 0 fully saturated rings. The summed E-state index contributed by atoms with van der Waals surface area (Å²) in [7, 11) is 0. The number of nitrogens with zero attached hydrogens (tertiary/aromatic N) is 3. The molecular formula is C14H17N3O3. The molecule has 2 aromatic heterocycles. The van der Waals surface area contributed by atoms with Crippen molar-refractivity contribution in [1.82, 2.24) is 14.5 Å². The van der Waals surface area contributed by atoms with Gasteiger partial charge in [0.25, 0.3) is 0 Å². The Morgan fingerprint density at radius 2 is 2.25 bits per heavy atom. The molecule has 0 radical (unpaired) electrons. The van der Waals surface area contributed by atoms with Gasteiger partial charge in [0.2, 0.25) is 0 Å². The number of pyridine rings is 1. The molecular weight excluding hydrogens is 258 g/mol. The normalized spacial score (nSPS) is 10.5. The van der Waals surface area contributed by atoms with Crippen molar-refractivity contribution in [2.24, 2.45) is 0 Å². The molecule has 0 saturated heterocycles. The van der Waals surface area contributed by atoms with E-state index in [0.29, 0.717) is 5.69 Å². The van der Waals surface area contributed by atoms with Crippen LogP contribution in [0.3, 0.4) is 0 Å². The molecule has 2 aromatic rings. The molecule has 0 amide bonds. The molecule has 6 heteroatoms. The van der Waals surface area contributed by atoms with Gasteiger partial charge in [-0.2, -0.15) is 0 Å². The predicted molar refractivity (Wildman–Crippen MR) is 72.8 cm³/mol. The summed E-state index contributed by atoms with van der Waals surface area (Å²) >= 11 is 0. The van der Waals surface area contributed by atoms with Gasteiger partial charge in [-0.05, 0) is 25.5 Å². The van der Waals surface area contributed by atoms with E-state index >= 15 is 0 Å². The van der Waals surface area contributed by atoms with Crippen LogP contribution < -0.4 is 4.74 Å². The van der Waals surface area contributed by atoms with Crippen LogP contribution in [0.5, 0.6) is 5.75 Å². The van der Waals surface area contributed by atoms with Crippen molar-refractivity contribution in [3.8, 4) is 5.75 Å². The average Bonchev–Trinajstić information content (AvgIpc) is 2.85. The van der Waals surface area contributed by atoms with Gasteiger partial charge in [0.1, 0.15) is 6.61 Å². The van der Waals surface area contributed by atoms with Gasteiger partial charge in [0, 0.05) is 12.2 Å². The third-order valence-electron chi connectivity index (χ3n) is 2.84. The number of rotatable bonds is 6. The Balaban J connectivity index is 2.14. The van der Waals surface area contributed by atoms with Crippen LogP contribution in [-0.4, -0.2) is 25.6 Å². The topological polar surface area (TPSA) is 77.2 Å². The van der Waals surface area contributed by atoms with Crippen LogP contribution in [0.15, 0.2) is 24.7 Å². The zero-order chi connectivity index (χ0) is 14.5. The smallest absolute Gasteiger partial charge is 0.358 e. The Morgan fingerprint density at radius 1 is 1.45 bits per heavy atom. The summed E-state index contributed by atoms with van der Waals surface area (Å²) in [5, 5.41) is 9.13. The van der Waals surface area contributed by atoms with Crippen molar-refractivity contribution in [2.75, 3.05) is 0 Å². The van der Waals surface area contributed by atoms with Crippen molar-refractivity contribution in [2.45, 2.75) is 33.4 Å². The number of carboxylic acid groups (broad SMARTS) is 1. The van der Waals surface area contributed by atoms with Gasteiger partial charge in [-0.15, -0.1) is 0 Å². The molecule has 0 aliphatic carbocycles. The first-order valence-corrected chi connectivity index (χ1v) is 6.44. The molecule has 0 spiro atoms. The minimum absolute atomic E-state index is 0.0634. The number of aromatic carboxylic acids is 1. The SMILES string of the molecule is CCCn1cncc1COc1ccc(C)nc1C(=O)O. The van der Waals surface area contributed by atoms with Crippen LogP contribution in [0, 0.1) is 6.92 Å². The number of aryl methyl sites for hydroxylation is 2. The molecule has 0 atom stereocenters. The van der Waals surface area contributed by atoms with Gasteiger partial charge >= 0.3 is 5.97 Å². The number of hydrogen-bond donors (Lipinski definition) is 1. The number of imidazole rings is 1. The highest BCUT2D eigenvalue weighted by Crippen LogP contribution is 2.18. The summed E-state index contributed by atoms with van der Waals surface area (Å²) < 4.78 is 7.57. The van der Waals surface area contributed by atoms with Gasteiger partial charge in [-0.1, -0.05) is 6.92 Å². The predicted octanol–water partition coefficient (Wildman–Crippen LogP) is 2.27. The van der Waals surface area contributed by atoms with E-state index in [1.807, 2.05) is 4.57 Å². The first-order valence-electron chi connectivity index (χ1n) is 6.44. The molecule has 0 saturated carbocycles. The Morgan fingerprint density at radius 3 is 2.95 bits per heavy atom. The van der Waals surface area contributed by atoms with Crippen LogP contribution in [0.2, 0.25) is 0 Å². The van der Waals surface area contributed by atoms with Crippen molar-refractivity contribution in [1.29, 1.82) is 0 Å². The lowest BCUT2D eigenvalue weighted by Gasteiger charge is -2.10. The molecule has 20 heavy (non-hydrogen) atoms. The Labute approximate surface area is 117 Å². The summed E-state index contributed by atoms with van der Waals surface area (Å²) in [6.45, 7) is 4.95. The highest BCUT2D eigenvalue weighted by Gasteiger charge is 2.14. The third kappa shape index (κ3) is 3.14. The Bertz CT molecular complexity index is 607. The quantitative estimate of drug-likeness (QED) is 0.875. The number of hydrogen-bond acceptors (Lipinski definition) is 4. The molecule has 0 bridgehead atoms. The summed E-state index contributed by atoms with van der Waals surface area (Å²) in [6, 6.07) is 3.36. The van der Waals surface area contributed by atoms with Crippen LogP contribution in [0.4, 0.5) is 0 Å². The standard InChI is InChI=1S/C14H17N3O3/c1-3-6-17-9-15-7-11(17)8-20-12-5-4-10(2)16-13(12)14(18)19/h4-5,7,9H,3,6,8H2,1-2H3,(H,18,19). The van der Waals surface area contributed by atoms with E-state index in [1.165, 1.54) is 0 Å². The van der Waals surface area contributed by atoms with Crippen LogP contribution in [0.1, 0.15) is 35.2 Å². The largest absolute Gasteiger partial charge is 0.485 e. The molecule has 1 N–H and O–H groups in total. The Hall–Kier alpha value is -2.37. The zero-order valence-corrected chi connectivity index (χ0v) is 11.5. The van der Waals surface area contributed by atoms with Crippen LogP contribution in [-0.2, 0) is 13.2 Å². The molecule has 6 nitrogen and oxygen atoms in total. The van der Waals surface area contributed by atoms with Crippen LogP contribution in [0.25, 0.3) is 0 Å². The minimum Gasteiger partial charge on any atom is -0.485 e. The number of ether oxygens (including phenoxy) is 1. The van der Waals surface area contributed by atoms with E-state index in [0.717, 1.165) is 18.7 Å². The maximum absolute atomic E-state index is 11.1. The second kappa shape index (κ2) is 6.18. The lowest BCUT2D eigenvalue weighted by atomic mass is 10.3. The van der Waals surface area contributed by atoms with Gasteiger partial charge in [-0.25, -0.2) is 14.8 Å². The fourth-order valence-corrected chi connectivity index (χ4v) is 1.88. The van der Waals surface area contributed by atoms with Gasteiger partial charge in [-0.3, -0.25) is 0 Å². The third-order valence-corrected chi connectivity index (χ3v) is 2.84. The summed E-state index contributed by atoms with van der Waals surface area (Å²) in [6.07, 6.45) is 4.46. The lowest BCUT2D eigenvalue weighted by Crippen LogP contribution is -2.09. The van der Waals surface area contributed by atoms with E-state index in [1.54, 1.807) is 31.6 Å². The van der Waals surface area contributed by atoms with Gasteiger partial charge in [0.15, 0.2) is 11.4 Å². The van der Waals surface area contributed by atoms with Gasteiger partial charge < -0.3 is 14.4 Å². The molecule has 2 rings (SSSR count). The number of carboxylic acids is 1. The first-order chi connectivity index (χ1) is 9.61. The van der Waals surface area contributed by atoms with Crippen molar-refractivity contribution in [3.05, 3.63) is 41.7 Å². The number of aromatic nitrogens is 3. The molecule has 106 valence electrons. The second-order valence-corrected chi connectivity index (χ2v) is 4.47. The molecule has 0 aromatic carbocycles. The lowest BCUT2D eigenvalue weighted by molar-refractivity contribution is 0.0684. The monoisotopic (exact) mass is 275 g/mol. The molecule has 0 aliphatic rings. The highest BCUT2D eigenvalue weighted by molar-refractivity contribution is 5.88. The fraction of sp³-hybridized carbons (Fsp3) is 0.357.